The van der Waals surface area contributed by atoms with E-state index in [1.165, 1.54) is 25.7 Å². The summed E-state index contributed by atoms with van der Waals surface area (Å²) in [6, 6.07) is 0. The van der Waals surface area contributed by atoms with E-state index in [-0.39, 0.29) is 0 Å². The lowest BCUT2D eigenvalue weighted by Crippen LogP contribution is -2.25. The molecule has 1 saturated heterocycles. The predicted octanol–water partition coefficient (Wildman–Crippen LogP) is 1.58. The van der Waals surface area contributed by atoms with E-state index in [4.69, 9.17) is 0 Å². The van der Waals surface area contributed by atoms with Crippen LogP contribution in [0.5, 0.6) is 0 Å². The van der Waals surface area contributed by atoms with Crippen molar-refractivity contribution in [3.63, 3.8) is 0 Å². The van der Waals surface area contributed by atoms with Crippen LogP contribution in [0.15, 0.2) is 12.4 Å². The van der Waals surface area contributed by atoms with Crippen molar-refractivity contribution in [2.75, 3.05) is 25.0 Å². The maximum atomic E-state index is 4.49. The Morgan fingerprint density at radius 3 is 2.44 bits per heavy atom. The first-order valence-electron chi connectivity index (χ1n) is 6.10. The lowest BCUT2D eigenvalue weighted by atomic mass is 10.2. The SMILES string of the molecule is CNCc1cnc(N2CCCCCC2)cn1. The maximum Gasteiger partial charge on any atom is 0.147 e. The summed E-state index contributed by atoms with van der Waals surface area (Å²) >= 11 is 0. The van der Waals surface area contributed by atoms with Gasteiger partial charge in [-0.05, 0) is 19.9 Å². The zero-order chi connectivity index (χ0) is 11.2. The van der Waals surface area contributed by atoms with Crippen LogP contribution in [0, 0.1) is 0 Å². The average molecular weight is 220 g/mol. The summed E-state index contributed by atoms with van der Waals surface area (Å²) in [5.41, 5.74) is 1.00. The van der Waals surface area contributed by atoms with Crippen molar-refractivity contribution in [1.82, 2.24) is 15.3 Å². The summed E-state index contributed by atoms with van der Waals surface area (Å²) in [4.78, 5) is 11.2. The topological polar surface area (TPSA) is 41.1 Å². The Morgan fingerprint density at radius 2 is 1.88 bits per heavy atom. The number of hydrogen-bond acceptors (Lipinski definition) is 4. The highest BCUT2D eigenvalue weighted by Crippen LogP contribution is 2.16. The second-order valence-electron chi connectivity index (χ2n) is 4.30. The number of aromatic nitrogens is 2. The van der Waals surface area contributed by atoms with E-state index < -0.39 is 0 Å². The highest BCUT2D eigenvalue weighted by atomic mass is 15.2. The van der Waals surface area contributed by atoms with E-state index in [1.54, 1.807) is 0 Å². The minimum absolute atomic E-state index is 0.785. The molecule has 0 spiro atoms. The average Bonchev–Trinajstić information content (AvgIpc) is 2.59. The molecule has 1 N–H and O–H groups in total. The van der Waals surface area contributed by atoms with Crippen molar-refractivity contribution in [3.8, 4) is 0 Å². The van der Waals surface area contributed by atoms with Crippen LogP contribution in [0.2, 0.25) is 0 Å². The van der Waals surface area contributed by atoms with E-state index in [2.05, 4.69) is 20.2 Å². The zero-order valence-corrected chi connectivity index (χ0v) is 9.95. The molecule has 1 fully saturated rings. The molecule has 88 valence electrons. The number of anilines is 1. The quantitative estimate of drug-likeness (QED) is 0.839. The summed E-state index contributed by atoms with van der Waals surface area (Å²) in [5.74, 6) is 1.03. The molecule has 0 amide bonds. The lowest BCUT2D eigenvalue weighted by molar-refractivity contribution is 0.726. The number of nitrogens with one attached hydrogen (secondary N) is 1. The van der Waals surface area contributed by atoms with Gasteiger partial charge in [0.05, 0.1) is 18.1 Å². The summed E-state index contributed by atoms with van der Waals surface area (Å²) in [6.07, 6.45) is 9.03. The third-order valence-electron chi connectivity index (χ3n) is 2.98. The molecule has 1 aliphatic rings. The molecule has 0 unspecified atom stereocenters. The molecule has 4 heteroatoms. The summed E-state index contributed by atoms with van der Waals surface area (Å²) in [7, 11) is 1.92. The van der Waals surface area contributed by atoms with Crippen LogP contribution in [0.25, 0.3) is 0 Å². The Bertz CT molecular complexity index is 301. The van der Waals surface area contributed by atoms with Crippen LogP contribution in [0.1, 0.15) is 31.4 Å². The molecule has 0 atom stereocenters. The van der Waals surface area contributed by atoms with Gasteiger partial charge in [-0.15, -0.1) is 0 Å². The number of rotatable bonds is 3. The molecule has 1 aromatic heterocycles. The van der Waals surface area contributed by atoms with Gasteiger partial charge >= 0.3 is 0 Å². The standard InChI is InChI=1S/C12H20N4/c1-13-8-11-9-15-12(10-14-11)16-6-4-2-3-5-7-16/h9-10,13H,2-8H2,1H3. The van der Waals surface area contributed by atoms with Crippen molar-refractivity contribution in [2.24, 2.45) is 0 Å². The van der Waals surface area contributed by atoms with Crippen LogP contribution >= 0.6 is 0 Å². The van der Waals surface area contributed by atoms with Gasteiger partial charge in [0.1, 0.15) is 5.82 Å². The number of hydrogen-bond donors (Lipinski definition) is 1. The fourth-order valence-electron chi connectivity index (χ4n) is 2.08. The Balaban J connectivity index is 2.01. The van der Waals surface area contributed by atoms with E-state index in [0.29, 0.717) is 0 Å². The Kier molecular flexibility index (Phi) is 4.10. The van der Waals surface area contributed by atoms with Gasteiger partial charge in [-0.25, -0.2) is 4.98 Å². The Hall–Kier alpha value is -1.16. The Morgan fingerprint density at radius 1 is 1.12 bits per heavy atom. The minimum atomic E-state index is 0.785. The third kappa shape index (κ3) is 2.92. The molecule has 16 heavy (non-hydrogen) atoms. The summed E-state index contributed by atoms with van der Waals surface area (Å²) < 4.78 is 0. The first-order chi connectivity index (χ1) is 7.90. The van der Waals surface area contributed by atoms with Gasteiger partial charge in [0.25, 0.3) is 0 Å². The zero-order valence-electron chi connectivity index (χ0n) is 9.95. The van der Waals surface area contributed by atoms with Crippen LogP contribution < -0.4 is 10.2 Å². The van der Waals surface area contributed by atoms with E-state index in [1.807, 2.05) is 19.4 Å². The second kappa shape index (κ2) is 5.80. The fraction of sp³-hybridized carbons (Fsp3) is 0.667. The van der Waals surface area contributed by atoms with Gasteiger partial charge in [0, 0.05) is 19.6 Å². The van der Waals surface area contributed by atoms with Crippen molar-refractivity contribution >= 4 is 5.82 Å². The molecular weight excluding hydrogens is 200 g/mol. The monoisotopic (exact) mass is 220 g/mol. The van der Waals surface area contributed by atoms with Crippen LogP contribution in [0.4, 0.5) is 5.82 Å². The Labute approximate surface area is 97.1 Å². The van der Waals surface area contributed by atoms with Gasteiger partial charge in [0.15, 0.2) is 0 Å². The largest absolute Gasteiger partial charge is 0.355 e. The molecular formula is C12H20N4. The van der Waals surface area contributed by atoms with Gasteiger partial charge in [0.2, 0.25) is 0 Å². The molecule has 2 rings (SSSR count). The molecule has 0 bridgehead atoms. The predicted molar refractivity (Wildman–Crippen MR) is 65.5 cm³/mol. The maximum absolute atomic E-state index is 4.49. The van der Waals surface area contributed by atoms with Crippen LogP contribution in [0.3, 0.4) is 0 Å². The third-order valence-corrected chi connectivity index (χ3v) is 2.98. The van der Waals surface area contributed by atoms with Crippen molar-refractivity contribution in [1.29, 1.82) is 0 Å². The van der Waals surface area contributed by atoms with Crippen LogP contribution in [-0.2, 0) is 6.54 Å². The highest BCUT2D eigenvalue weighted by molar-refractivity contribution is 5.35. The first kappa shape index (κ1) is 11.3. The minimum Gasteiger partial charge on any atom is -0.355 e. The van der Waals surface area contributed by atoms with E-state index in [9.17, 15) is 0 Å². The van der Waals surface area contributed by atoms with Gasteiger partial charge in [-0.2, -0.15) is 0 Å². The molecule has 1 aromatic rings. The molecule has 2 heterocycles. The fourth-order valence-corrected chi connectivity index (χ4v) is 2.08. The van der Waals surface area contributed by atoms with Crippen molar-refractivity contribution in [2.45, 2.75) is 32.2 Å². The molecule has 4 nitrogen and oxygen atoms in total. The smallest absolute Gasteiger partial charge is 0.147 e. The summed E-state index contributed by atoms with van der Waals surface area (Å²) in [6.45, 7) is 3.04. The van der Waals surface area contributed by atoms with Gasteiger partial charge < -0.3 is 10.2 Å². The lowest BCUT2D eigenvalue weighted by Gasteiger charge is -2.20. The second-order valence-corrected chi connectivity index (χ2v) is 4.30. The number of nitrogens with zero attached hydrogens (tertiary/aromatic N) is 3. The highest BCUT2D eigenvalue weighted by Gasteiger charge is 2.10. The van der Waals surface area contributed by atoms with Gasteiger partial charge in [-0.1, -0.05) is 12.8 Å². The molecule has 0 radical (unpaired) electrons. The first-order valence-corrected chi connectivity index (χ1v) is 6.10. The van der Waals surface area contributed by atoms with Crippen LogP contribution in [-0.4, -0.2) is 30.1 Å². The normalized spacial score (nSPS) is 17.2. The molecule has 1 aliphatic heterocycles. The van der Waals surface area contributed by atoms with Crippen molar-refractivity contribution in [3.05, 3.63) is 18.1 Å². The van der Waals surface area contributed by atoms with Gasteiger partial charge in [-0.3, -0.25) is 4.98 Å². The molecule has 0 aliphatic carbocycles. The molecule has 0 saturated carbocycles. The van der Waals surface area contributed by atoms with Crippen molar-refractivity contribution < 1.29 is 0 Å². The van der Waals surface area contributed by atoms with E-state index >= 15 is 0 Å². The van der Waals surface area contributed by atoms with E-state index in [0.717, 1.165) is 31.1 Å². The summed E-state index contributed by atoms with van der Waals surface area (Å²) in [5, 5.41) is 3.08. The molecule has 0 aromatic carbocycles.